The molecule has 3 heterocycles. The molecule has 0 unspecified atom stereocenters. The van der Waals surface area contributed by atoms with E-state index in [9.17, 15) is 0 Å². The second-order valence-corrected chi connectivity index (χ2v) is 5.99. The smallest absolute Gasteiger partial charge is 0.298 e. The van der Waals surface area contributed by atoms with Crippen LogP contribution >= 0.6 is 11.6 Å². The van der Waals surface area contributed by atoms with Gasteiger partial charge in [0.15, 0.2) is 5.58 Å². The van der Waals surface area contributed by atoms with E-state index in [-0.39, 0.29) is 0 Å². The van der Waals surface area contributed by atoms with Gasteiger partial charge in [-0.25, -0.2) is 4.98 Å². The molecule has 0 atom stereocenters. The van der Waals surface area contributed by atoms with E-state index in [1.807, 2.05) is 30.3 Å². The number of benzene rings is 1. The number of hydrogen-bond acceptors (Lipinski definition) is 6. The zero-order chi connectivity index (χ0) is 16.5. The van der Waals surface area contributed by atoms with E-state index in [1.54, 1.807) is 12.3 Å². The third-order valence-electron chi connectivity index (χ3n) is 4.08. The average Bonchev–Trinajstić information content (AvgIpc) is 3.06. The number of nitrogens with zero attached hydrogens (tertiary/aromatic N) is 5. The van der Waals surface area contributed by atoms with Gasteiger partial charge in [0.25, 0.3) is 6.01 Å². The first-order valence-corrected chi connectivity index (χ1v) is 8.03. The Balaban J connectivity index is 1.49. The van der Waals surface area contributed by atoms with Gasteiger partial charge in [-0.1, -0.05) is 23.7 Å². The molecule has 0 spiro atoms. The minimum absolute atomic E-state index is 0.467. The summed E-state index contributed by atoms with van der Waals surface area (Å²) in [5.41, 5.74) is 2.13. The molecule has 1 saturated heterocycles. The van der Waals surface area contributed by atoms with Crippen LogP contribution in [0.25, 0.3) is 11.1 Å². The summed E-state index contributed by atoms with van der Waals surface area (Å²) in [5.74, 6) is 0.716. The van der Waals surface area contributed by atoms with Crippen molar-refractivity contribution in [2.45, 2.75) is 0 Å². The second-order valence-electron chi connectivity index (χ2n) is 5.58. The number of halogens is 1. The van der Waals surface area contributed by atoms with Crippen LogP contribution in [-0.4, -0.2) is 36.1 Å². The molecule has 1 aromatic carbocycles. The normalized spacial score (nSPS) is 14.8. The minimum Gasteiger partial charge on any atom is -0.423 e. The summed E-state index contributed by atoms with van der Waals surface area (Å²) >= 11 is 6.25. The Kier molecular flexibility index (Phi) is 3.71. The number of anilines is 2. The molecular weight excluding hydrogens is 326 g/mol. The van der Waals surface area contributed by atoms with E-state index >= 15 is 0 Å². The molecule has 1 aliphatic heterocycles. The highest BCUT2D eigenvalue weighted by molar-refractivity contribution is 6.33. The van der Waals surface area contributed by atoms with Gasteiger partial charge in [0.2, 0.25) is 0 Å². The van der Waals surface area contributed by atoms with Crippen LogP contribution in [0.4, 0.5) is 11.8 Å². The Labute approximate surface area is 143 Å². The lowest BCUT2D eigenvalue weighted by Crippen LogP contribution is -2.47. The summed E-state index contributed by atoms with van der Waals surface area (Å²) in [6, 6.07) is 12.1. The molecule has 0 saturated carbocycles. The zero-order valence-electron chi connectivity index (χ0n) is 12.8. The summed E-state index contributed by atoms with van der Waals surface area (Å²) in [7, 11) is 0. The highest BCUT2D eigenvalue weighted by Crippen LogP contribution is 2.27. The van der Waals surface area contributed by atoms with Gasteiger partial charge in [-0.2, -0.15) is 10.2 Å². The first-order chi connectivity index (χ1) is 11.7. The quantitative estimate of drug-likeness (QED) is 0.714. The fourth-order valence-electron chi connectivity index (χ4n) is 2.83. The van der Waals surface area contributed by atoms with Crippen molar-refractivity contribution in [3.05, 3.63) is 47.1 Å². The van der Waals surface area contributed by atoms with E-state index < -0.39 is 0 Å². The zero-order valence-corrected chi connectivity index (χ0v) is 13.6. The molecule has 7 heteroatoms. The molecule has 0 N–H and O–H groups in total. The second kappa shape index (κ2) is 6.02. The number of rotatable bonds is 2. The van der Waals surface area contributed by atoms with E-state index in [1.165, 1.54) is 0 Å². The predicted molar refractivity (Wildman–Crippen MR) is 92.4 cm³/mol. The number of hydrogen-bond donors (Lipinski definition) is 0. The molecule has 1 aliphatic rings. The molecule has 24 heavy (non-hydrogen) atoms. The molecule has 0 radical (unpaired) electrons. The van der Waals surface area contributed by atoms with Crippen LogP contribution in [0.15, 0.2) is 40.9 Å². The summed E-state index contributed by atoms with van der Waals surface area (Å²) in [6.07, 6.45) is 1.55. The van der Waals surface area contributed by atoms with Gasteiger partial charge >= 0.3 is 0 Å². The summed E-state index contributed by atoms with van der Waals surface area (Å²) < 4.78 is 5.82. The van der Waals surface area contributed by atoms with E-state index in [0.717, 1.165) is 37.3 Å². The molecule has 3 aromatic rings. The van der Waals surface area contributed by atoms with E-state index in [4.69, 9.17) is 21.3 Å². The number of oxazole rings is 1. The van der Waals surface area contributed by atoms with Crippen LogP contribution in [0.3, 0.4) is 0 Å². The number of nitriles is 1. The fourth-order valence-corrected chi connectivity index (χ4v) is 3.12. The van der Waals surface area contributed by atoms with Gasteiger partial charge in [-0.05, 0) is 18.2 Å². The standard InChI is InChI=1S/C17H14ClN5O/c18-13-9-12(10-19)11-20-16(13)22-5-7-23(8-6-22)17-21-14-3-1-2-4-15(14)24-17/h1-4,9,11H,5-8H2. The van der Waals surface area contributed by atoms with Crippen molar-refractivity contribution in [2.24, 2.45) is 0 Å². The largest absolute Gasteiger partial charge is 0.423 e. The molecule has 6 nitrogen and oxygen atoms in total. The maximum atomic E-state index is 8.90. The van der Waals surface area contributed by atoms with Crippen molar-refractivity contribution in [2.75, 3.05) is 36.0 Å². The van der Waals surface area contributed by atoms with Crippen molar-refractivity contribution in [1.82, 2.24) is 9.97 Å². The van der Waals surface area contributed by atoms with E-state index in [2.05, 4.69) is 19.8 Å². The lowest BCUT2D eigenvalue weighted by Gasteiger charge is -2.34. The van der Waals surface area contributed by atoms with Crippen molar-refractivity contribution in [1.29, 1.82) is 5.26 Å². The van der Waals surface area contributed by atoms with Crippen LogP contribution in [0.2, 0.25) is 5.02 Å². The van der Waals surface area contributed by atoms with Crippen LogP contribution in [-0.2, 0) is 0 Å². The highest BCUT2D eigenvalue weighted by atomic mass is 35.5. The van der Waals surface area contributed by atoms with E-state index in [0.29, 0.717) is 22.4 Å². The van der Waals surface area contributed by atoms with Crippen molar-refractivity contribution in [3.8, 4) is 6.07 Å². The van der Waals surface area contributed by atoms with Crippen molar-refractivity contribution < 1.29 is 4.42 Å². The van der Waals surface area contributed by atoms with Gasteiger partial charge in [0, 0.05) is 32.4 Å². The first kappa shape index (κ1) is 14.8. The molecule has 0 amide bonds. The highest BCUT2D eigenvalue weighted by Gasteiger charge is 2.23. The third-order valence-corrected chi connectivity index (χ3v) is 4.36. The average molecular weight is 340 g/mol. The van der Waals surface area contributed by atoms with Crippen molar-refractivity contribution >= 4 is 34.5 Å². The van der Waals surface area contributed by atoms with Crippen LogP contribution in [0.1, 0.15) is 5.56 Å². The SMILES string of the molecule is N#Cc1cnc(N2CCN(c3nc4ccccc4o3)CC2)c(Cl)c1. The third kappa shape index (κ3) is 2.63. The minimum atomic E-state index is 0.467. The van der Waals surface area contributed by atoms with Gasteiger partial charge in [0.05, 0.1) is 10.6 Å². The maximum Gasteiger partial charge on any atom is 0.298 e. The predicted octanol–water partition coefficient (Wildman–Crippen LogP) is 3.07. The number of para-hydroxylation sites is 2. The Morgan fingerprint density at radius 2 is 1.88 bits per heavy atom. The first-order valence-electron chi connectivity index (χ1n) is 7.66. The van der Waals surface area contributed by atoms with Crippen molar-refractivity contribution in [3.63, 3.8) is 0 Å². The monoisotopic (exact) mass is 339 g/mol. The Bertz CT molecular complexity index is 891. The van der Waals surface area contributed by atoms with Gasteiger partial charge in [0.1, 0.15) is 17.4 Å². The van der Waals surface area contributed by atoms with Crippen LogP contribution in [0, 0.1) is 11.3 Å². The summed E-state index contributed by atoms with van der Waals surface area (Å²) in [6.45, 7) is 3.06. The van der Waals surface area contributed by atoms with Crippen LogP contribution in [0.5, 0.6) is 0 Å². The summed E-state index contributed by atoms with van der Waals surface area (Å²) in [4.78, 5) is 13.1. The maximum absolute atomic E-state index is 8.90. The lowest BCUT2D eigenvalue weighted by molar-refractivity contribution is 0.540. The Morgan fingerprint density at radius 1 is 1.12 bits per heavy atom. The molecule has 2 aromatic heterocycles. The fraction of sp³-hybridized carbons (Fsp3) is 0.235. The molecular formula is C17H14ClN5O. The van der Waals surface area contributed by atoms with Gasteiger partial charge in [-0.15, -0.1) is 0 Å². The Hall–Kier alpha value is -2.78. The van der Waals surface area contributed by atoms with Crippen LogP contribution < -0.4 is 9.80 Å². The Morgan fingerprint density at radius 3 is 2.58 bits per heavy atom. The van der Waals surface area contributed by atoms with Gasteiger partial charge in [-0.3, -0.25) is 0 Å². The number of aromatic nitrogens is 2. The molecule has 0 aliphatic carbocycles. The topological polar surface area (TPSA) is 69.2 Å². The number of pyridine rings is 1. The molecule has 0 bridgehead atoms. The van der Waals surface area contributed by atoms with Gasteiger partial charge < -0.3 is 14.2 Å². The summed E-state index contributed by atoms with van der Waals surface area (Å²) in [5, 5.41) is 9.40. The molecule has 120 valence electrons. The number of fused-ring (bicyclic) bond motifs is 1. The number of piperazine rings is 1. The molecule has 4 rings (SSSR count). The molecule has 1 fully saturated rings. The lowest BCUT2D eigenvalue weighted by atomic mass is 10.2.